The van der Waals surface area contributed by atoms with Crippen molar-refractivity contribution in [1.29, 1.82) is 0 Å². The maximum absolute atomic E-state index is 13.0. The van der Waals surface area contributed by atoms with Crippen molar-refractivity contribution in [3.8, 4) is 17.2 Å². The molecule has 0 atom stereocenters. The molecule has 27 heavy (non-hydrogen) atoms. The van der Waals surface area contributed by atoms with Crippen LogP contribution in [0.15, 0.2) is 66.7 Å². The van der Waals surface area contributed by atoms with E-state index in [0.29, 0.717) is 23.9 Å². The highest BCUT2D eigenvalue weighted by molar-refractivity contribution is 5.46. The normalized spacial score (nSPS) is 10.5. The van der Waals surface area contributed by atoms with Crippen molar-refractivity contribution in [2.24, 2.45) is 0 Å². The topological polar surface area (TPSA) is 27.7 Å². The van der Waals surface area contributed by atoms with Gasteiger partial charge in [-0.1, -0.05) is 24.3 Å². The van der Waals surface area contributed by atoms with Gasteiger partial charge in [-0.2, -0.15) is 0 Å². The standard InChI is InChI=1S/C22H20F2O3/c1-2-25-20-11-12-21(26-14-16-3-7-18(23)8-4-16)22(13-20)27-15-17-5-9-19(24)10-6-17/h3-13H,2,14-15H2,1H3. The van der Waals surface area contributed by atoms with Gasteiger partial charge in [0, 0.05) is 6.07 Å². The Morgan fingerprint density at radius 1 is 0.630 bits per heavy atom. The highest BCUT2D eigenvalue weighted by Gasteiger charge is 2.09. The first-order chi connectivity index (χ1) is 13.1. The minimum atomic E-state index is -0.291. The maximum atomic E-state index is 13.0. The summed E-state index contributed by atoms with van der Waals surface area (Å²) in [6.07, 6.45) is 0. The van der Waals surface area contributed by atoms with Crippen LogP contribution >= 0.6 is 0 Å². The molecule has 5 heteroatoms. The van der Waals surface area contributed by atoms with Crippen molar-refractivity contribution >= 4 is 0 Å². The lowest BCUT2D eigenvalue weighted by molar-refractivity contribution is 0.253. The molecule has 0 saturated carbocycles. The molecule has 0 aliphatic rings. The Labute approximate surface area is 157 Å². The number of hydrogen-bond acceptors (Lipinski definition) is 3. The summed E-state index contributed by atoms with van der Waals surface area (Å²) < 4.78 is 43.3. The Bertz CT molecular complexity index is 862. The van der Waals surface area contributed by atoms with Gasteiger partial charge < -0.3 is 14.2 Å². The number of ether oxygens (including phenoxy) is 3. The smallest absolute Gasteiger partial charge is 0.165 e. The summed E-state index contributed by atoms with van der Waals surface area (Å²) in [5.74, 6) is 1.15. The fourth-order valence-electron chi connectivity index (χ4n) is 2.46. The quantitative estimate of drug-likeness (QED) is 0.522. The number of benzene rings is 3. The minimum absolute atomic E-state index is 0.267. The Morgan fingerprint density at radius 2 is 1.15 bits per heavy atom. The Kier molecular flexibility index (Phi) is 6.26. The molecule has 0 aromatic heterocycles. The lowest BCUT2D eigenvalue weighted by atomic mass is 10.2. The minimum Gasteiger partial charge on any atom is -0.494 e. The molecular formula is C22H20F2O3. The van der Waals surface area contributed by atoms with Crippen molar-refractivity contribution in [3.63, 3.8) is 0 Å². The highest BCUT2D eigenvalue weighted by atomic mass is 19.1. The number of rotatable bonds is 8. The van der Waals surface area contributed by atoms with Crippen molar-refractivity contribution in [2.75, 3.05) is 6.61 Å². The fourth-order valence-corrected chi connectivity index (χ4v) is 2.46. The molecule has 3 rings (SSSR count). The van der Waals surface area contributed by atoms with Crippen LogP contribution in [0, 0.1) is 11.6 Å². The molecule has 0 amide bonds. The molecule has 0 heterocycles. The van der Waals surface area contributed by atoms with E-state index in [1.165, 1.54) is 24.3 Å². The van der Waals surface area contributed by atoms with Crippen LogP contribution in [0.1, 0.15) is 18.1 Å². The van der Waals surface area contributed by atoms with Gasteiger partial charge in [-0.15, -0.1) is 0 Å². The summed E-state index contributed by atoms with van der Waals surface area (Å²) in [6.45, 7) is 2.98. The summed E-state index contributed by atoms with van der Waals surface area (Å²) in [4.78, 5) is 0. The molecule has 0 aliphatic heterocycles. The van der Waals surface area contributed by atoms with Gasteiger partial charge in [0.15, 0.2) is 11.5 Å². The van der Waals surface area contributed by atoms with Crippen LogP contribution in [0.2, 0.25) is 0 Å². The largest absolute Gasteiger partial charge is 0.494 e. The van der Waals surface area contributed by atoms with Gasteiger partial charge in [-0.25, -0.2) is 8.78 Å². The molecule has 0 spiro atoms. The molecular weight excluding hydrogens is 350 g/mol. The van der Waals surface area contributed by atoms with Crippen molar-refractivity contribution < 1.29 is 23.0 Å². The van der Waals surface area contributed by atoms with Gasteiger partial charge in [-0.3, -0.25) is 0 Å². The highest BCUT2D eigenvalue weighted by Crippen LogP contribution is 2.33. The van der Waals surface area contributed by atoms with Crippen LogP contribution in [0.3, 0.4) is 0 Å². The second-order valence-corrected chi connectivity index (χ2v) is 5.87. The third-order valence-electron chi connectivity index (χ3n) is 3.84. The third-order valence-corrected chi connectivity index (χ3v) is 3.84. The average molecular weight is 370 g/mol. The summed E-state index contributed by atoms with van der Waals surface area (Å²) in [6, 6.07) is 17.6. The van der Waals surface area contributed by atoms with Gasteiger partial charge in [-0.05, 0) is 54.4 Å². The zero-order valence-electron chi connectivity index (χ0n) is 15.0. The molecule has 140 valence electrons. The monoisotopic (exact) mass is 370 g/mol. The van der Waals surface area contributed by atoms with E-state index in [9.17, 15) is 8.78 Å². The second-order valence-electron chi connectivity index (χ2n) is 5.87. The Balaban J connectivity index is 1.73. The predicted octanol–water partition coefficient (Wildman–Crippen LogP) is 5.52. The summed E-state index contributed by atoms with van der Waals surface area (Å²) in [5.41, 5.74) is 1.68. The molecule has 0 fully saturated rings. The van der Waals surface area contributed by atoms with Crippen LogP contribution < -0.4 is 14.2 Å². The van der Waals surface area contributed by atoms with E-state index in [1.54, 1.807) is 42.5 Å². The SMILES string of the molecule is CCOc1ccc(OCc2ccc(F)cc2)c(OCc2ccc(F)cc2)c1. The first-order valence-electron chi connectivity index (χ1n) is 8.65. The predicted molar refractivity (Wildman–Crippen MR) is 99.1 cm³/mol. The van der Waals surface area contributed by atoms with Crippen LogP contribution in [0.5, 0.6) is 17.2 Å². The van der Waals surface area contributed by atoms with Crippen LogP contribution in [-0.2, 0) is 13.2 Å². The summed E-state index contributed by atoms with van der Waals surface area (Å²) in [5, 5.41) is 0. The van der Waals surface area contributed by atoms with Gasteiger partial charge in [0.2, 0.25) is 0 Å². The van der Waals surface area contributed by atoms with Gasteiger partial charge >= 0.3 is 0 Å². The zero-order chi connectivity index (χ0) is 19.1. The van der Waals surface area contributed by atoms with E-state index in [-0.39, 0.29) is 24.8 Å². The van der Waals surface area contributed by atoms with Crippen LogP contribution in [-0.4, -0.2) is 6.61 Å². The van der Waals surface area contributed by atoms with Crippen LogP contribution in [0.25, 0.3) is 0 Å². The summed E-state index contributed by atoms with van der Waals surface area (Å²) >= 11 is 0. The zero-order valence-corrected chi connectivity index (χ0v) is 15.0. The second kappa shape index (κ2) is 9.03. The Morgan fingerprint density at radius 3 is 1.67 bits per heavy atom. The van der Waals surface area contributed by atoms with Crippen molar-refractivity contribution in [3.05, 3.63) is 89.5 Å². The van der Waals surface area contributed by atoms with E-state index in [4.69, 9.17) is 14.2 Å². The van der Waals surface area contributed by atoms with Gasteiger partial charge in [0.1, 0.15) is 30.6 Å². The first kappa shape index (κ1) is 18.7. The van der Waals surface area contributed by atoms with Crippen molar-refractivity contribution in [2.45, 2.75) is 20.1 Å². The van der Waals surface area contributed by atoms with E-state index in [0.717, 1.165) is 11.1 Å². The molecule has 0 aliphatic carbocycles. The molecule has 0 unspecified atom stereocenters. The lowest BCUT2D eigenvalue weighted by Crippen LogP contribution is -2.02. The molecule has 3 aromatic rings. The van der Waals surface area contributed by atoms with Gasteiger partial charge in [0.25, 0.3) is 0 Å². The van der Waals surface area contributed by atoms with E-state index < -0.39 is 0 Å². The average Bonchev–Trinajstić information content (AvgIpc) is 2.68. The van der Waals surface area contributed by atoms with E-state index >= 15 is 0 Å². The molecule has 0 bridgehead atoms. The molecule has 0 saturated heterocycles. The molecule has 0 N–H and O–H groups in total. The fraction of sp³-hybridized carbons (Fsp3) is 0.182. The Hall–Kier alpha value is -3.08. The van der Waals surface area contributed by atoms with Crippen molar-refractivity contribution in [1.82, 2.24) is 0 Å². The number of halogens is 2. The first-order valence-corrected chi connectivity index (χ1v) is 8.65. The molecule has 3 aromatic carbocycles. The van der Waals surface area contributed by atoms with E-state index in [2.05, 4.69) is 0 Å². The summed E-state index contributed by atoms with van der Waals surface area (Å²) in [7, 11) is 0. The van der Waals surface area contributed by atoms with Crippen LogP contribution in [0.4, 0.5) is 8.78 Å². The van der Waals surface area contributed by atoms with E-state index in [1.807, 2.05) is 6.92 Å². The maximum Gasteiger partial charge on any atom is 0.165 e. The molecule has 0 radical (unpaired) electrons. The lowest BCUT2D eigenvalue weighted by Gasteiger charge is -2.15. The third kappa shape index (κ3) is 5.45. The van der Waals surface area contributed by atoms with Gasteiger partial charge in [0.05, 0.1) is 6.61 Å². The number of hydrogen-bond donors (Lipinski definition) is 0. The molecule has 3 nitrogen and oxygen atoms in total.